The van der Waals surface area contributed by atoms with Gasteiger partial charge in [0.25, 0.3) is 0 Å². The zero-order valence-electron chi connectivity index (χ0n) is 15.7. The molecule has 28 heavy (non-hydrogen) atoms. The van der Waals surface area contributed by atoms with Crippen LogP contribution >= 0.6 is 27.7 Å². The number of carbonyl (C=O) groups is 1. The molecule has 2 aromatic carbocycles. The van der Waals surface area contributed by atoms with Crippen LogP contribution in [-0.4, -0.2) is 26.0 Å². The molecule has 0 saturated heterocycles. The summed E-state index contributed by atoms with van der Waals surface area (Å²) >= 11 is 4.92. The molecule has 144 valence electrons. The number of carbonyl (C=O) groups excluding carboxylic acids is 1. The first-order valence-electron chi connectivity index (χ1n) is 8.91. The van der Waals surface area contributed by atoms with Crippen molar-refractivity contribution in [2.45, 2.75) is 37.2 Å². The Kier molecular flexibility index (Phi) is 5.16. The molecule has 2 atom stereocenters. The third kappa shape index (κ3) is 3.66. The Morgan fingerprint density at radius 3 is 2.61 bits per heavy atom. The van der Waals surface area contributed by atoms with Gasteiger partial charge >= 0.3 is 0 Å². The number of anilines is 1. The smallest absolute Gasteiger partial charge is 0.240 e. The number of thioether (sulfide) groups is 1. The van der Waals surface area contributed by atoms with Gasteiger partial charge in [0.1, 0.15) is 11.1 Å². The molecule has 2 N–H and O–H groups in total. The Hall–Kier alpha value is -2.32. The molecule has 0 spiro atoms. The van der Waals surface area contributed by atoms with Gasteiger partial charge in [0.2, 0.25) is 11.1 Å². The summed E-state index contributed by atoms with van der Waals surface area (Å²) in [4.78, 5) is 13.2. The van der Waals surface area contributed by atoms with Crippen molar-refractivity contribution in [2.24, 2.45) is 0 Å². The average Bonchev–Trinajstić information content (AvgIpc) is 3.04. The first-order valence-corrected chi connectivity index (χ1v) is 10.6. The monoisotopic (exact) mass is 457 g/mol. The van der Waals surface area contributed by atoms with Crippen LogP contribution in [0.3, 0.4) is 0 Å². The van der Waals surface area contributed by atoms with E-state index in [1.165, 1.54) is 17.3 Å². The lowest BCUT2D eigenvalue weighted by Gasteiger charge is -2.32. The highest BCUT2D eigenvalue weighted by molar-refractivity contribution is 9.10. The maximum atomic E-state index is 13.2. The number of hydrogen-bond acceptors (Lipinski definition) is 5. The molecule has 0 saturated carbocycles. The fourth-order valence-corrected chi connectivity index (χ4v) is 4.49. The molecule has 0 radical (unpaired) electrons. The van der Waals surface area contributed by atoms with Gasteiger partial charge in [-0.25, -0.2) is 4.68 Å². The summed E-state index contributed by atoms with van der Waals surface area (Å²) in [6.07, 6.45) is 0. The van der Waals surface area contributed by atoms with Gasteiger partial charge in [-0.3, -0.25) is 4.79 Å². The fraction of sp³-hybridized carbons (Fsp3) is 0.250. The SMILES string of the molecule is Cc1ccc([C@@H]2Nn3c(C)nnc3S[C@H]2C(=O)Nc2ccc(Br)c(C)c2)cc1. The second-order valence-electron chi connectivity index (χ2n) is 6.87. The standard InChI is InChI=1S/C20H20BrN5OS/c1-11-4-6-14(7-5-11)17-18(28-20-24-23-13(3)26(20)25-17)19(27)22-15-8-9-16(21)12(2)10-15/h4-10,17-18,25H,1-3H3,(H,22,27)/t17-,18+/m0/s1. The van der Waals surface area contributed by atoms with E-state index in [0.717, 1.165) is 27.1 Å². The first kappa shape index (κ1) is 19.0. The summed E-state index contributed by atoms with van der Waals surface area (Å²) in [6.45, 7) is 5.94. The number of aryl methyl sites for hydroxylation is 3. The molecule has 2 heterocycles. The highest BCUT2D eigenvalue weighted by Gasteiger charge is 2.37. The molecule has 1 aliphatic rings. The van der Waals surface area contributed by atoms with Crippen LogP contribution in [0.5, 0.6) is 0 Å². The Balaban J connectivity index is 1.65. The van der Waals surface area contributed by atoms with Crippen molar-refractivity contribution >= 4 is 39.3 Å². The first-order chi connectivity index (χ1) is 13.4. The van der Waals surface area contributed by atoms with Crippen molar-refractivity contribution < 1.29 is 4.79 Å². The maximum Gasteiger partial charge on any atom is 0.240 e. The predicted octanol–water partition coefficient (Wildman–Crippen LogP) is 4.36. The van der Waals surface area contributed by atoms with E-state index < -0.39 is 0 Å². The van der Waals surface area contributed by atoms with Crippen molar-refractivity contribution in [3.05, 3.63) is 69.5 Å². The van der Waals surface area contributed by atoms with Crippen molar-refractivity contribution in [2.75, 3.05) is 10.7 Å². The minimum Gasteiger partial charge on any atom is -0.325 e. The highest BCUT2D eigenvalue weighted by Crippen LogP contribution is 2.37. The Bertz CT molecular complexity index is 1030. The summed E-state index contributed by atoms with van der Waals surface area (Å²) in [5, 5.41) is 11.7. The summed E-state index contributed by atoms with van der Waals surface area (Å²) < 4.78 is 2.86. The van der Waals surface area contributed by atoms with Crippen LogP contribution < -0.4 is 10.7 Å². The molecule has 0 unspecified atom stereocenters. The number of fused-ring (bicyclic) bond motifs is 1. The van der Waals surface area contributed by atoms with Gasteiger partial charge in [-0.2, -0.15) is 0 Å². The quantitative estimate of drug-likeness (QED) is 0.610. The van der Waals surface area contributed by atoms with Crippen LogP contribution in [0.2, 0.25) is 0 Å². The number of aromatic nitrogens is 3. The van der Waals surface area contributed by atoms with Crippen LogP contribution in [-0.2, 0) is 4.79 Å². The van der Waals surface area contributed by atoms with Gasteiger partial charge in [0.15, 0.2) is 0 Å². The van der Waals surface area contributed by atoms with E-state index >= 15 is 0 Å². The van der Waals surface area contributed by atoms with Gasteiger partial charge in [-0.15, -0.1) is 10.2 Å². The van der Waals surface area contributed by atoms with Gasteiger partial charge in [0.05, 0.1) is 6.04 Å². The molecular formula is C20H20BrN5OS. The third-order valence-corrected chi connectivity index (χ3v) is 6.82. The van der Waals surface area contributed by atoms with E-state index in [0.29, 0.717) is 5.16 Å². The van der Waals surface area contributed by atoms with Gasteiger partial charge in [0, 0.05) is 10.2 Å². The Morgan fingerprint density at radius 1 is 1.14 bits per heavy atom. The maximum absolute atomic E-state index is 13.2. The molecule has 3 aromatic rings. The van der Waals surface area contributed by atoms with Crippen molar-refractivity contribution in [1.82, 2.24) is 14.9 Å². The lowest BCUT2D eigenvalue weighted by Crippen LogP contribution is -2.41. The number of amides is 1. The Labute approximate surface area is 176 Å². The summed E-state index contributed by atoms with van der Waals surface area (Å²) in [5.74, 6) is 0.693. The highest BCUT2D eigenvalue weighted by atomic mass is 79.9. The minimum atomic E-state index is -0.386. The number of rotatable bonds is 3. The van der Waals surface area contributed by atoms with Crippen molar-refractivity contribution in [3.8, 4) is 0 Å². The molecule has 1 aromatic heterocycles. The van der Waals surface area contributed by atoms with Gasteiger partial charge in [-0.05, 0) is 50.1 Å². The molecule has 6 nitrogen and oxygen atoms in total. The summed E-state index contributed by atoms with van der Waals surface area (Å²) in [6, 6.07) is 13.8. The zero-order valence-corrected chi connectivity index (χ0v) is 18.1. The van der Waals surface area contributed by atoms with Crippen molar-refractivity contribution in [1.29, 1.82) is 0 Å². The number of benzene rings is 2. The Morgan fingerprint density at radius 2 is 1.89 bits per heavy atom. The summed E-state index contributed by atoms with van der Waals surface area (Å²) in [7, 11) is 0. The van der Waals surface area contributed by atoms with E-state index in [-0.39, 0.29) is 17.2 Å². The van der Waals surface area contributed by atoms with E-state index in [1.807, 2.05) is 36.7 Å². The summed E-state index contributed by atoms with van der Waals surface area (Å²) in [5.41, 5.74) is 7.49. The molecule has 8 heteroatoms. The second-order valence-corrected chi connectivity index (χ2v) is 8.84. The van der Waals surface area contributed by atoms with E-state index in [2.05, 4.69) is 68.1 Å². The van der Waals surface area contributed by atoms with Crippen LogP contribution in [0, 0.1) is 20.8 Å². The third-order valence-electron chi connectivity index (χ3n) is 4.72. The van der Waals surface area contributed by atoms with E-state index in [1.54, 1.807) is 0 Å². The molecule has 0 aliphatic carbocycles. The lowest BCUT2D eigenvalue weighted by atomic mass is 10.0. The molecule has 0 bridgehead atoms. The van der Waals surface area contributed by atoms with Crippen LogP contribution in [0.15, 0.2) is 52.1 Å². The van der Waals surface area contributed by atoms with E-state index in [9.17, 15) is 4.79 Å². The predicted molar refractivity (Wildman–Crippen MR) is 115 cm³/mol. The zero-order chi connectivity index (χ0) is 19.8. The van der Waals surface area contributed by atoms with Crippen LogP contribution in [0.1, 0.15) is 28.6 Å². The number of hydrogen-bond donors (Lipinski definition) is 2. The number of halogens is 1. The van der Waals surface area contributed by atoms with E-state index in [4.69, 9.17) is 0 Å². The number of nitrogens with one attached hydrogen (secondary N) is 2. The van der Waals surface area contributed by atoms with Gasteiger partial charge in [-0.1, -0.05) is 57.5 Å². The van der Waals surface area contributed by atoms with Crippen LogP contribution in [0.25, 0.3) is 0 Å². The van der Waals surface area contributed by atoms with Crippen molar-refractivity contribution in [3.63, 3.8) is 0 Å². The van der Waals surface area contributed by atoms with Crippen LogP contribution in [0.4, 0.5) is 5.69 Å². The molecule has 1 aliphatic heterocycles. The fourth-order valence-electron chi connectivity index (χ4n) is 3.12. The minimum absolute atomic E-state index is 0.0725. The normalized spacial score (nSPS) is 18.3. The largest absolute Gasteiger partial charge is 0.325 e. The molecular weight excluding hydrogens is 438 g/mol. The number of nitrogens with zero attached hydrogens (tertiary/aromatic N) is 3. The second kappa shape index (κ2) is 7.60. The molecule has 4 rings (SSSR count). The average molecular weight is 458 g/mol. The molecule has 1 amide bonds. The molecule has 0 fully saturated rings. The topological polar surface area (TPSA) is 71.8 Å². The lowest BCUT2D eigenvalue weighted by molar-refractivity contribution is -0.116. The van der Waals surface area contributed by atoms with Gasteiger partial charge < -0.3 is 10.7 Å².